The van der Waals surface area contributed by atoms with Gasteiger partial charge in [0.15, 0.2) is 0 Å². The fraction of sp³-hybridized carbons (Fsp3) is 0.276. The Kier molecular flexibility index (Phi) is 15.9. The molecule has 1 saturated heterocycles. The van der Waals surface area contributed by atoms with Gasteiger partial charge >= 0.3 is 0 Å². The van der Waals surface area contributed by atoms with E-state index in [2.05, 4.69) is 69.3 Å². The van der Waals surface area contributed by atoms with Gasteiger partial charge in [0.05, 0.1) is 33.0 Å². The zero-order valence-electron chi connectivity index (χ0n) is 38.8. The molecule has 0 radical (unpaired) electrons. The van der Waals surface area contributed by atoms with Gasteiger partial charge < -0.3 is 33.2 Å². The average molecular weight is 934 g/mol. The molecule has 1 heterocycles. The zero-order chi connectivity index (χ0) is 46.7. The molecular weight excluding hydrogens is 872 g/mol. The quantitative estimate of drug-likeness (QED) is 0.0810. The molecule has 67 heavy (non-hydrogen) atoms. The summed E-state index contributed by atoms with van der Waals surface area (Å²) in [6.07, 6.45) is -3.11. The maximum absolute atomic E-state index is 13.7. The van der Waals surface area contributed by atoms with Crippen molar-refractivity contribution in [1.29, 1.82) is 0 Å². The second-order valence-electron chi connectivity index (χ2n) is 18.1. The highest BCUT2D eigenvalue weighted by Gasteiger charge is 2.59. The third-order valence-electron chi connectivity index (χ3n) is 12.5. The lowest BCUT2D eigenvalue weighted by molar-refractivity contribution is -0.377. The van der Waals surface area contributed by atoms with E-state index < -0.39 is 38.5 Å². The van der Waals surface area contributed by atoms with Crippen LogP contribution in [0.2, 0.25) is 10.1 Å². The molecule has 0 amide bonds. The second kappa shape index (κ2) is 22.1. The van der Waals surface area contributed by atoms with Crippen molar-refractivity contribution < 1.29 is 33.2 Å². The van der Waals surface area contributed by atoms with Crippen molar-refractivity contribution in [1.82, 2.24) is 0 Å². The zero-order valence-corrected chi connectivity index (χ0v) is 40.6. The SMILES string of the molecule is CCOc1ccc(Cc2cc(C3(O)O[C@H](CO[Si](c4ccccc4)(c4ccccc4)C(C)(C)C)[C@@H](OCc4ccccc4)[C@H](OCc4ccccc4)[C@H]3OCc3ccccc3)ccc2Cl)cc1. The summed E-state index contributed by atoms with van der Waals surface area (Å²) in [5, 5.41) is 16.2. The predicted molar refractivity (Wildman–Crippen MR) is 269 cm³/mol. The van der Waals surface area contributed by atoms with E-state index in [4.69, 9.17) is 39.7 Å². The van der Waals surface area contributed by atoms with Gasteiger partial charge in [0, 0.05) is 10.6 Å². The van der Waals surface area contributed by atoms with Crippen molar-refractivity contribution in [3.63, 3.8) is 0 Å². The van der Waals surface area contributed by atoms with Crippen LogP contribution in [0.15, 0.2) is 194 Å². The molecule has 7 aromatic carbocycles. The van der Waals surface area contributed by atoms with E-state index in [9.17, 15) is 5.11 Å². The normalized spacial score (nSPS) is 19.8. The van der Waals surface area contributed by atoms with Gasteiger partial charge in [-0.2, -0.15) is 0 Å². The smallest absolute Gasteiger partial charge is 0.261 e. The molecule has 0 bridgehead atoms. The summed E-state index contributed by atoms with van der Waals surface area (Å²) in [6.45, 7) is 10.0. The van der Waals surface area contributed by atoms with Crippen molar-refractivity contribution in [2.24, 2.45) is 0 Å². The summed E-state index contributed by atoms with van der Waals surface area (Å²) in [7, 11) is -3.13. The van der Waals surface area contributed by atoms with E-state index in [0.717, 1.165) is 43.9 Å². The van der Waals surface area contributed by atoms with Gasteiger partial charge in [-0.15, -0.1) is 0 Å². The van der Waals surface area contributed by atoms with E-state index in [0.29, 0.717) is 23.6 Å². The molecule has 5 atom stereocenters. The fourth-order valence-corrected chi connectivity index (χ4v) is 14.0. The Balaban J connectivity index is 1.27. The molecule has 7 nitrogen and oxygen atoms in total. The van der Waals surface area contributed by atoms with Crippen molar-refractivity contribution >= 4 is 30.3 Å². The van der Waals surface area contributed by atoms with Gasteiger partial charge in [0.2, 0.25) is 5.79 Å². The molecular formula is C58H61ClO7Si. The van der Waals surface area contributed by atoms with Crippen LogP contribution in [-0.4, -0.2) is 51.1 Å². The van der Waals surface area contributed by atoms with Crippen molar-refractivity contribution in [3.8, 4) is 5.75 Å². The number of hydrogen-bond donors (Lipinski definition) is 1. The summed E-state index contributed by atoms with van der Waals surface area (Å²) in [5.74, 6) is -1.29. The van der Waals surface area contributed by atoms with E-state index in [1.807, 2.05) is 153 Å². The molecule has 0 saturated carbocycles. The molecule has 0 aliphatic carbocycles. The third-order valence-corrected chi connectivity index (χ3v) is 17.9. The van der Waals surface area contributed by atoms with Crippen molar-refractivity contribution in [2.45, 2.75) is 89.2 Å². The van der Waals surface area contributed by atoms with Crippen molar-refractivity contribution in [3.05, 3.63) is 233 Å². The highest BCUT2D eigenvalue weighted by molar-refractivity contribution is 6.99. The van der Waals surface area contributed by atoms with Crippen molar-refractivity contribution in [2.75, 3.05) is 13.2 Å². The van der Waals surface area contributed by atoms with Crippen LogP contribution in [0.25, 0.3) is 0 Å². The van der Waals surface area contributed by atoms with Gasteiger partial charge in [0.25, 0.3) is 8.32 Å². The fourth-order valence-electron chi connectivity index (χ4n) is 9.21. The molecule has 0 spiro atoms. The number of ether oxygens (including phenoxy) is 5. The lowest BCUT2D eigenvalue weighted by Crippen LogP contribution is -2.69. The number of aliphatic hydroxyl groups is 1. The Morgan fingerprint density at radius 2 is 1.06 bits per heavy atom. The summed E-state index contributed by atoms with van der Waals surface area (Å²) in [6, 6.07) is 64.6. The van der Waals surface area contributed by atoms with Gasteiger partial charge in [-0.05, 0) is 80.8 Å². The Labute approximate surface area is 402 Å². The van der Waals surface area contributed by atoms with E-state index in [-0.39, 0.29) is 31.5 Å². The predicted octanol–water partition coefficient (Wildman–Crippen LogP) is 11.2. The molecule has 8 rings (SSSR count). The number of halogens is 1. The van der Waals surface area contributed by atoms with Crippen LogP contribution in [0.1, 0.15) is 61.1 Å². The molecule has 9 heteroatoms. The lowest BCUT2D eigenvalue weighted by Gasteiger charge is -2.51. The third kappa shape index (κ3) is 11.3. The first-order valence-corrected chi connectivity index (χ1v) is 25.5. The van der Waals surface area contributed by atoms with Crippen LogP contribution in [0.5, 0.6) is 5.75 Å². The minimum Gasteiger partial charge on any atom is -0.494 e. The van der Waals surface area contributed by atoms with E-state index in [1.165, 1.54) is 0 Å². The molecule has 1 aliphatic heterocycles. The van der Waals surface area contributed by atoms with Gasteiger partial charge in [-0.25, -0.2) is 0 Å². The molecule has 1 aliphatic rings. The number of rotatable bonds is 19. The van der Waals surface area contributed by atoms with Crippen LogP contribution < -0.4 is 15.1 Å². The Hall–Kier alpha value is -5.39. The van der Waals surface area contributed by atoms with Crippen LogP contribution >= 0.6 is 11.6 Å². The largest absolute Gasteiger partial charge is 0.494 e. The summed E-state index contributed by atoms with van der Waals surface area (Å²) < 4.78 is 41.8. The highest BCUT2D eigenvalue weighted by Crippen LogP contribution is 2.44. The van der Waals surface area contributed by atoms with E-state index >= 15 is 0 Å². The highest BCUT2D eigenvalue weighted by atomic mass is 35.5. The van der Waals surface area contributed by atoms with Crippen LogP contribution in [0, 0.1) is 0 Å². The second-order valence-corrected chi connectivity index (χ2v) is 22.8. The first kappa shape index (κ1) is 48.1. The topological polar surface area (TPSA) is 75.6 Å². The summed E-state index contributed by atoms with van der Waals surface area (Å²) in [4.78, 5) is 0. The van der Waals surface area contributed by atoms with Gasteiger partial charge in [0.1, 0.15) is 30.2 Å². The summed E-state index contributed by atoms with van der Waals surface area (Å²) in [5.41, 5.74) is 5.19. The van der Waals surface area contributed by atoms with Crippen LogP contribution in [0.3, 0.4) is 0 Å². The Bertz CT molecular complexity index is 2540. The maximum Gasteiger partial charge on any atom is 0.261 e. The molecule has 1 unspecified atom stereocenters. The number of hydrogen-bond acceptors (Lipinski definition) is 7. The minimum atomic E-state index is -3.13. The molecule has 0 aromatic heterocycles. The monoisotopic (exact) mass is 932 g/mol. The van der Waals surface area contributed by atoms with E-state index in [1.54, 1.807) is 0 Å². The van der Waals surface area contributed by atoms with Gasteiger partial charge in [-0.3, -0.25) is 0 Å². The molecule has 1 N–H and O–H groups in total. The molecule has 7 aromatic rings. The standard InChI is InChI=1S/C58H61ClO7Si/c1-5-61-49-34-31-43(32-35-49)37-47-38-48(33-36-52(47)59)58(60)56(64-41-46-25-15-8-16-26-46)55(63-40-45-23-13-7-14-24-45)54(62-39-44-21-11-6-12-22-44)53(66-58)42-65-67(57(2,3)4,50-27-17-9-18-28-50)51-29-19-10-20-30-51/h6-36,38,53-56,60H,5,37,39-42H2,1-4H3/t53-,54-,55+,56-,58?/m1/s1. The Morgan fingerprint density at radius 3 is 1.55 bits per heavy atom. The minimum absolute atomic E-state index is 0.0677. The molecule has 346 valence electrons. The first-order valence-electron chi connectivity index (χ1n) is 23.2. The first-order chi connectivity index (χ1) is 32.6. The molecule has 1 fully saturated rings. The maximum atomic E-state index is 13.7. The summed E-state index contributed by atoms with van der Waals surface area (Å²) >= 11 is 7.01. The van der Waals surface area contributed by atoms with Gasteiger partial charge in [-0.1, -0.05) is 202 Å². The van der Waals surface area contributed by atoms with Crippen LogP contribution in [-0.2, 0) is 55.4 Å². The average Bonchev–Trinajstić information content (AvgIpc) is 3.35. The Morgan fingerprint density at radius 1 is 0.582 bits per heavy atom. The van der Waals surface area contributed by atoms with Crippen LogP contribution in [0.4, 0.5) is 0 Å². The number of benzene rings is 7. The lowest BCUT2D eigenvalue weighted by atomic mass is 9.86.